The van der Waals surface area contributed by atoms with E-state index in [1.165, 1.54) is 238 Å². The second-order valence-corrected chi connectivity index (χ2v) is 23.2. The van der Waals surface area contributed by atoms with E-state index in [9.17, 15) is 14.4 Å². The SMILES string of the molecule is CCC(C)CCCCCCCCCCCCCCCCCCCCC(=O)OC[C@H](COC(=O)CCCCCCCCCCCCCC(C)C)OC(=O)CCCCCCCCCCCCCCCC(C)C. The highest BCUT2D eigenvalue weighted by molar-refractivity contribution is 5.71. The largest absolute Gasteiger partial charge is 0.462 e. The Bertz CT molecular complexity index is 1090. The fourth-order valence-electron chi connectivity index (χ4n) is 9.85. The molecule has 0 N–H and O–H groups in total. The summed E-state index contributed by atoms with van der Waals surface area (Å²) >= 11 is 0. The fourth-order valence-corrected chi connectivity index (χ4v) is 9.85. The third kappa shape index (κ3) is 55.7. The second-order valence-electron chi connectivity index (χ2n) is 23.2. The highest BCUT2D eigenvalue weighted by Gasteiger charge is 2.19. The summed E-state index contributed by atoms with van der Waals surface area (Å²) in [6, 6.07) is 0. The molecular weight excluding hydrogens is 865 g/mol. The molecule has 0 heterocycles. The van der Waals surface area contributed by atoms with Gasteiger partial charge in [-0.2, -0.15) is 0 Å². The van der Waals surface area contributed by atoms with E-state index >= 15 is 0 Å². The molecule has 0 radical (unpaired) electrons. The molecule has 1 unspecified atom stereocenters. The molecule has 416 valence electrons. The van der Waals surface area contributed by atoms with Crippen molar-refractivity contribution in [2.45, 2.75) is 362 Å². The van der Waals surface area contributed by atoms with Crippen molar-refractivity contribution in [1.29, 1.82) is 0 Å². The summed E-state index contributed by atoms with van der Waals surface area (Å²) in [6.07, 6.45) is 59.6. The molecule has 0 saturated carbocycles. The van der Waals surface area contributed by atoms with Crippen LogP contribution in [0.1, 0.15) is 356 Å². The molecule has 0 aromatic heterocycles. The Morgan fingerprint density at radius 2 is 0.500 bits per heavy atom. The topological polar surface area (TPSA) is 78.9 Å². The molecule has 0 aliphatic rings. The van der Waals surface area contributed by atoms with Gasteiger partial charge in [0.2, 0.25) is 0 Å². The molecule has 6 nitrogen and oxygen atoms in total. The van der Waals surface area contributed by atoms with Crippen molar-refractivity contribution < 1.29 is 28.6 Å². The van der Waals surface area contributed by atoms with Gasteiger partial charge in [-0.05, 0) is 37.0 Å². The molecule has 0 bridgehead atoms. The van der Waals surface area contributed by atoms with E-state index < -0.39 is 6.10 Å². The highest BCUT2D eigenvalue weighted by atomic mass is 16.6. The van der Waals surface area contributed by atoms with E-state index in [-0.39, 0.29) is 31.1 Å². The zero-order chi connectivity index (χ0) is 51.2. The Morgan fingerprint density at radius 1 is 0.286 bits per heavy atom. The molecule has 0 saturated heterocycles. The molecule has 0 aromatic rings. The smallest absolute Gasteiger partial charge is 0.306 e. The third-order valence-electron chi connectivity index (χ3n) is 15.0. The Hall–Kier alpha value is -1.59. The van der Waals surface area contributed by atoms with Gasteiger partial charge in [0.1, 0.15) is 13.2 Å². The van der Waals surface area contributed by atoms with Crippen LogP contribution in [0.3, 0.4) is 0 Å². The number of hydrogen-bond donors (Lipinski definition) is 0. The van der Waals surface area contributed by atoms with Gasteiger partial charge in [0.05, 0.1) is 0 Å². The van der Waals surface area contributed by atoms with E-state index in [0.29, 0.717) is 19.3 Å². The van der Waals surface area contributed by atoms with Crippen molar-refractivity contribution in [1.82, 2.24) is 0 Å². The first kappa shape index (κ1) is 68.4. The summed E-state index contributed by atoms with van der Waals surface area (Å²) in [5, 5.41) is 0. The lowest BCUT2D eigenvalue weighted by Crippen LogP contribution is -2.30. The van der Waals surface area contributed by atoms with Crippen LogP contribution in [0.15, 0.2) is 0 Å². The van der Waals surface area contributed by atoms with E-state index in [1.807, 2.05) is 0 Å². The molecule has 2 atom stereocenters. The number of carbonyl (C=O) groups excluding carboxylic acids is 3. The van der Waals surface area contributed by atoms with Crippen LogP contribution < -0.4 is 0 Å². The van der Waals surface area contributed by atoms with Gasteiger partial charge >= 0.3 is 17.9 Å². The number of carbonyl (C=O) groups is 3. The first-order chi connectivity index (χ1) is 34.1. The van der Waals surface area contributed by atoms with Crippen LogP contribution in [0.4, 0.5) is 0 Å². The molecule has 6 heteroatoms. The van der Waals surface area contributed by atoms with Gasteiger partial charge in [0.15, 0.2) is 6.10 Å². The van der Waals surface area contributed by atoms with Crippen LogP contribution in [0.2, 0.25) is 0 Å². The van der Waals surface area contributed by atoms with Crippen molar-refractivity contribution in [3.05, 3.63) is 0 Å². The summed E-state index contributed by atoms with van der Waals surface area (Å²) in [5.74, 6) is 1.74. The maximum atomic E-state index is 12.9. The fraction of sp³-hybridized carbons (Fsp3) is 0.953. The molecule has 0 aromatic carbocycles. The molecular formula is C64H124O6. The summed E-state index contributed by atoms with van der Waals surface area (Å²) in [5.41, 5.74) is 0. The molecule has 0 aliphatic heterocycles. The van der Waals surface area contributed by atoms with Gasteiger partial charge in [-0.1, -0.05) is 318 Å². The first-order valence-corrected chi connectivity index (χ1v) is 31.6. The molecule has 0 amide bonds. The van der Waals surface area contributed by atoms with Crippen LogP contribution in [-0.4, -0.2) is 37.2 Å². The monoisotopic (exact) mass is 989 g/mol. The Labute approximate surface area is 438 Å². The molecule has 70 heavy (non-hydrogen) atoms. The molecule has 0 fully saturated rings. The highest BCUT2D eigenvalue weighted by Crippen LogP contribution is 2.19. The quantitative estimate of drug-likeness (QED) is 0.0343. The molecule has 0 spiro atoms. The van der Waals surface area contributed by atoms with Crippen LogP contribution >= 0.6 is 0 Å². The van der Waals surface area contributed by atoms with Gasteiger partial charge in [0.25, 0.3) is 0 Å². The standard InChI is InChI=1S/C64H124O6/c1-7-60(6)52-46-40-34-28-22-16-12-10-8-9-11-13-17-23-29-35-41-47-53-62(65)68-56-61(57-69-63(66)54-48-42-36-30-25-19-21-27-33-39-45-51-59(4)5)70-64(67)55-49-43-37-31-24-18-14-15-20-26-32-38-44-50-58(2)3/h58-61H,7-57H2,1-6H3/t60?,61-/m1/s1. The molecule has 0 aliphatic carbocycles. The average molecular weight is 990 g/mol. The minimum absolute atomic E-state index is 0.0628. The zero-order valence-corrected chi connectivity index (χ0v) is 48.3. The lowest BCUT2D eigenvalue weighted by atomic mass is 9.99. The van der Waals surface area contributed by atoms with Gasteiger partial charge in [-0.15, -0.1) is 0 Å². The summed E-state index contributed by atoms with van der Waals surface area (Å²) in [4.78, 5) is 38.3. The van der Waals surface area contributed by atoms with Crippen LogP contribution in [0, 0.1) is 17.8 Å². The summed E-state index contributed by atoms with van der Waals surface area (Å²) < 4.78 is 16.9. The predicted molar refractivity (Wildman–Crippen MR) is 303 cm³/mol. The lowest BCUT2D eigenvalue weighted by Gasteiger charge is -2.18. The minimum Gasteiger partial charge on any atom is -0.462 e. The maximum Gasteiger partial charge on any atom is 0.306 e. The number of rotatable bonds is 57. The summed E-state index contributed by atoms with van der Waals surface area (Å²) in [6.45, 7) is 13.8. The van der Waals surface area contributed by atoms with E-state index in [2.05, 4.69) is 41.5 Å². The van der Waals surface area contributed by atoms with Crippen molar-refractivity contribution in [2.75, 3.05) is 13.2 Å². The Morgan fingerprint density at radius 3 is 0.743 bits per heavy atom. The van der Waals surface area contributed by atoms with Crippen LogP contribution in [0.5, 0.6) is 0 Å². The second kappa shape index (κ2) is 55.2. The van der Waals surface area contributed by atoms with Gasteiger partial charge in [0, 0.05) is 19.3 Å². The van der Waals surface area contributed by atoms with Crippen molar-refractivity contribution in [3.8, 4) is 0 Å². The normalized spacial score (nSPS) is 12.5. The number of esters is 3. The zero-order valence-electron chi connectivity index (χ0n) is 48.3. The third-order valence-corrected chi connectivity index (χ3v) is 15.0. The van der Waals surface area contributed by atoms with Crippen molar-refractivity contribution in [3.63, 3.8) is 0 Å². The maximum absolute atomic E-state index is 12.9. The average Bonchev–Trinajstić information content (AvgIpc) is 3.33. The van der Waals surface area contributed by atoms with Gasteiger partial charge < -0.3 is 14.2 Å². The number of hydrogen-bond acceptors (Lipinski definition) is 6. The van der Waals surface area contributed by atoms with Crippen LogP contribution in [-0.2, 0) is 28.6 Å². The van der Waals surface area contributed by atoms with E-state index in [1.54, 1.807) is 0 Å². The predicted octanol–water partition coefficient (Wildman–Crippen LogP) is 21.1. The van der Waals surface area contributed by atoms with Crippen LogP contribution in [0.25, 0.3) is 0 Å². The van der Waals surface area contributed by atoms with Gasteiger partial charge in [-0.25, -0.2) is 0 Å². The molecule has 0 rings (SSSR count). The minimum atomic E-state index is -0.764. The van der Waals surface area contributed by atoms with E-state index in [4.69, 9.17) is 14.2 Å². The lowest BCUT2D eigenvalue weighted by molar-refractivity contribution is -0.167. The Kier molecular flexibility index (Phi) is 53.9. The number of ether oxygens (including phenoxy) is 3. The summed E-state index contributed by atoms with van der Waals surface area (Å²) in [7, 11) is 0. The van der Waals surface area contributed by atoms with E-state index in [0.717, 1.165) is 75.5 Å². The number of unbranched alkanes of at least 4 members (excludes halogenated alkanes) is 39. The van der Waals surface area contributed by atoms with Crippen molar-refractivity contribution in [2.24, 2.45) is 17.8 Å². The Balaban J connectivity index is 4.25. The first-order valence-electron chi connectivity index (χ1n) is 31.6. The van der Waals surface area contributed by atoms with Crippen molar-refractivity contribution >= 4 is 17.9 Å². The van der Waals surface area contributed by atoms with Gasteiger partial charge in [-0.3, -0.25) is 14.4 Å².